The second-order valence-electron chi connectivity index (χ2n) is 6.66. The molecule has 0 radical (unpaired) electrons. The summed E-state index contributed by atoms with van der Waals surface area (Å²) in [5, 5.41) is 11.2. The zero-order chi connectivity index (χ0) is 22.7. The topological polar surface area (TPSA) is 74.5 Å². The summed E-state index contributed by atoms with van der Waals surface area (Å²) in [6, 6.07) is 17.2. The van der Waals surface area contributed by atoms with Crippen molar-refractivity contribution in [1.82, 2.24) is 9.38 Å². The molecule has 0 aliphatic rings. The molecule has 0 fully saturated rings. The molecule has 3 heterocycles. The first-order valence-corrected chi connectivity index (χ1v) is 10.5. The van der Waals surface area contributed by atoms with Crippen LogP contribution in [0.3, 0.4) is 0 Å². The maximum atomic E-state index is 13.0. The van der Waals surface area contributed by atoms with Gasteiger partial charge in [0.25, 0.3) is 5.56 Å². The van der Waals surface area contributed by atoms with Crippen molar-refractivity contribution in [3.63, 3.8) is 0 Å². The lowest BCUT2D eigenvalue weighted by Gasteiger charge is -2.13. The smallest absolute Gasteiger partial charge is 0.278 e. The molecule has 0 atom stereocenters. The Morgan fingerprint density at radius 3 is 2.42 bits per heavy atom. The molecule has 31 heavy (non-hydrogen) atoms. The van der Waals surface area contributed by atoms with Crippen molar-refractivity contribution < 1.29 is 4.42 Å². The van der Waals surface area contributed by atoms with Crippen molar-refractivity contribution in [2.75, 3.05) is 19.0 Å². The molecule has 0 aliphatic carbocycles. The highest BCUT2D eigenvalue weighted by molar-refractivity contribution is 6.02. The minimum Gasteiger partial charge on any atom is -0.454 e. The van der Waals surface area contributed by atoms with Gasteiger partial charge >= 0.3 is 0 Å². The maximum absolute atomic E-state index is 13.0. The van der Waals surface area contributed by atoms with Crippen molar-refractivity contribution in [2.45, 2.75) is 27.7 Å². The molecule has 0 spiro atoms. The van der Waals surface area contributed by atoms with Gasteiger partial charge in [0.2, 0.25) is 0 Å². The van der Waals surface area contributed by atoms with E-state index >= 15 is 0 Å². The SMILES string of the molecule is CC.CC.CN(C)c1ccc2cc3c(oc2c1)c(C#N)c(=O)n1c2ccccc2nc31. The van der Waals surface area contributed by atoms with E-state index in [0.717, 1.165) is 11.1 Å². The van der Waals surface area contributed by atoms with Gasteiger partial charge in [-0.25, -0.2) is 4.98 Å². The summed E-state index contributed by atoms with van der Waals surface area (Å²) in [4.78, 5) is 19.6. The predicted molar refractivity (Wildman–Crippen MR) is 128 cm³/mol. The van der Waals surface area contributed by atoms with Crippen LogP contribution in [-0.4, -0.2) is 23.5 Å². The van der Waals surface area contributed by atoms with Gasteiger partial charge in [-0.1, -0.05) is 39.8 Å². The fraction of sp³-hybridized carbons (Fsp3) is 0.240. The van der Waals surface area contributed by atoms with Crippen LogP contribution in [0.15, 0.2) is 57.7 Å². The second kappa shape index (κ2) is 8.88. The largest absolute Gasteiger partial charge is 0.454 e. The minimum atomic E-state index is -0.416. The van der Waals surface area contributed by atoms with Crippen LogP contribution in [0, 0.1) is 11.3 Å². The molecule has 0 saturated carbocycles. The summed E-state index contributed by atoms with van der Waals surface area (Å²) in [5.41, 5.74) is 3.31. The predicted octanol–water partition coefficient (Wildman–Crippen LogP) is 5.74. The first-order chi connectivity index (χ1) is 15.1. The van der Waals surface area contributed by atoms with Crippen LogP contribution in [0.25, 0.3) is 38.6 Å². The fourth-order valence-corrected chi connectivity index (χ4v) is 3.47. The van der Waals surface area contributed by atoms with Gasteiger partial charge in [0.05, 0.1) is 16.4 Å². The lowest BCUT2D eigenvalue weighted by molar-refractivity contribution is 0.658. The Hall–Kier alpha value is -3.85. The van der Waals surface area contributed by atoms with Crippen molar-refractivity contribution >= 4 is 44.3 Å². The van der Waals surface area contributed by atoms with Crippen molar-refractivity contribution in [1.29, 1.82) is 5.26 Å². The van der Waals surface area contributed by atoms with E-state index in [-0.39, 0.29) is 11.1 Å². The van der Waals surface area contributed by atoms with E-state index in [4.69, 9.17) is 4.42 Å². The Bertz CT molecular complexity index is 1490. The van der Waals surface area contributed by atoms with E-state index in [2.05, 4.69) is 4.98 Å². The Balaban J connectivity index is 0.000000645. The first-order valence-electron chi connectivity index (χ1n) is 10.5. The molecule has 158 valence electrons. The molecule has 5 rings (SSSR count). The molecule has 0 unspecified atom stereocenters. The number of hydrogen-bond acceptors (Lipinski definition) is 5. The Kier molecular flexibility index (Phi) is 6.26. The molecule has 0 bridgehead atoms. The molecule has 0 aliphatic heterocycles. The van der Waals surface area contributed by atoms with E-state index in [9.17, 15) is 10.1 Å². The lowest BCUT2D eigenvalue weighted by Crippen LogP contribution is -2.16. The molecule has 0 saturated heterocycles. The quantitative estimate of drug-likeness (QED) is 0.327. The highest BCUT2D eigenvalue weighted by atomic mass is 16.3. The van der Waals surface area contributed by atoms with Crippen LogP contribution in [0.1, 0.15) is 33.3 Å². The third-order valence-electron chi connectivity index (χ3n) is 4.83. The number of hydrogen-bond donors (Lipinski definition) is 0. The summed E-state index contributed by atoms with van der Waals surface area (Å²) in [5.74, 6) is 0. The van der Waals surface area contributed by atoms with Crippen molar-refractivity contribution in [2.24, 2.45) is 0 Å². The molecule has 6 nitrogen and oxygen atoms in total. The van der Waals surface area contributed by atoms with E-state index in [1.807, 2.05) is 101 Å². The number of rotatable bonds is 1. The zero-order valence-corrected chi connectivity index (χ0v) is 18.7. The van der Waals surface area contributed by atoms with E-state index in [1.54, 1.807) is 0 Å². The number of imidazole rings is 1. The monoisotopic (exact) mass is 414 g/mol. The first kappa shape index (κ1) is 21.8. The van der Waals surface area contributed by atoms with Crippen LogP contribution < -0.4 is 10.5 Å². The van der Waals surface area contributed by atoms with E-state index < -0.39 is 5.56 Å². The molecule has 2 aromatic carbocycles. The number of fused-ring (bicyclic) bond motifs is 6. The highest BCUT2D eigenvalue weighted by Crippen LogP contribution is 2.30. The standard InChI is InChI=1S/C21H14N4O2.2C2H6/c1-24(2)13-8-7-12-9-14-19(27-18(12)10-13)15(11-22)21(26)25-17-6-4-3-5-16(17)23-20(14)25;2*1-2/h3-10H,1-2H3;2*1-2H3. The zero-order valence-electron chi connectivity index (χ0n) is 18.7. The number of benzene rings is 2. The third kappa shape index (κ3) is 3.49. The molecule has 5 aromatic rings. The molecule has 6 heteroatoms. The van der Waals surface area contributed by atoms with Crippen LogP contribution in [0.2, 0.25) is 0 Å². The molecule has 3 aromatic heterocycles. The molecule has 0 N–H and O–H groups in total. The van der Waals surface area contributed by atoms with Gasteiger partial charge in [0.1, 0.15) is 11.7 Å². The van der Waals surface area contributed by atoms with Crippen LogP contribution in [0.5, 0.6) is 0 Å². The number of nitriles is 1. The average molecular weight is 415 g/mol. The number of para-hydroxylation sites is 2. The highest BCUT2D eigenvalue weighted by Gasteiger charge is 2.19. The maximum Gasteiger partial charge on any atom is 0.278 e. The van der Waals surface area contributed by atoms with Gasteiger partial charge in [-0.3, -0.25) is 9.20 Å². The van der Waals surface area contributed by atoms with Gasteiger partial charge in [-0.05, 0) is 30.3 Å². The van der Waals surface area contributed by atoms with Gasteiger partial charge in [-0.15, -0.1) is 0 Å². The summed E-state index contributed by atoms with van der Waals surface area (Å²) < 4.78 is 7.53. The third-order valence-corrected chi connectivity index (χ3v) is 4.83. The number of pyridine rings is 1. The summed E-state index contributed by atoms with van der Waals surface area (Å²) in [6.45, 7) is 8.00. The van der Waals surface area contributed by atoms with Crippen molar-refractivity contribution in [3.05, 3.63) is 64.4 Å². The van der Waals surface area contributed by atoms with Crippen molar-refractivity contribution in [3.8, 4) is 6.07 Å². The van der Waals surface area contributed by atoms with E-state index in [0.29, 0.717) is 27.6 Å². The molecular formula is C25H26N4O2. The molecular weight excluding hydrogens is 388 g/mol. The summed E-state index contributed by atoms with van der Waals surface area (Å²) in [6.07, 6.45) is 0. The molecule has 0 amide bonds. The summed E-state index contributed by atoms with van der Waals surface area (Å²) >= 11 is 0. The normalized spacial score (nSPS) is 10.4. The van der Waals surface area contributed by atoms with Gasteiger partial charge in [0, 0.05) is 31.2 Å². The Labute approximate surface area is 180 Å². The second-order valence-corrected chi connectivity index (χ2v) is 6.66. The van der Waals surface area contributed by atoms with Crippen LogP contribution in [0.4, 0.5) is 5.69 Å². The number of nitrogens with zero attached hydrogens (tertiary/aromatic N) is 4. The number of aromatic nitrogens is 2. The van der Waals surface area contributed by atoms with Gasteiger partial charge < -0.3 is 9.32 Å². The average Bonchev–Trinajstić information content (AvgIpc) is 3.21. The minimum absolute atomic E-state index is 0.0159. The fourth-order valence-electron chi connectivity index (χ4n) is 3.47. The number of anilines is 1. The summed E-state index contributed by atoms with van der Waals surface area (Å²) in [7, 11) is 3.89. The van der Waals surface area contributed by atoms with Crippen LogP contribution >= 0.6 is 0 Å². The Morgan fingerprint density at radius 1 is 1.03 bits per heavy atom. The Morgan fingerprint density at radius 2 is 1.74 bits per heavy atom. The van der Waals surface area contributed by atoms with Crippen LogP contribution in [-0.2, 0) is 0 Å². The lowest BCUT2D eigenvalue weighted by atomic mass is 10.1. The van der Waals surface area contributed by atoms with E-state index in [1.165, 1.54) is 4.40 Å². The van der Waals surface area contributed by atoms with Gasteiger partial charge in [-0.2, -0.15) is 5.26 Å². The van der Waals surface area contributed by atoms with Gasteiger partial charge in [0.15, 0.2) is 16.8 Å².